The average Bonchev–Trinajstić information content (AvgIpc) is 2.40. The maximum atomic E-state index is 8.64. The summed E-state index contributed by atoms with van der Waals surface area (Å²) >= 11 is 0. The fourth-order valence-corrected chi connectivity index (χ4v) is 1.33. The lowest BCUT2D eigenvalue weighted by molar-refractivity contribution is 0.239. The van der Waals surface area contributed by atoms with Crippen LogP contribution >= 0.6 is 0 Å². The van der Waals surface area contributed by atoms with Crippen molar-refractivity contribution >= 4 is 0 Å². The standard InChI is InChI=1S/C13H12N4O/c14-5-7-17(8-6-15)9-10-18-13-3-1-12(11-16)2-4-13/h1-4H,7-10H2. The molecule has 0 N–H and O–H groups in total. The first kappa shape index (κ1) is 13.5. The summed E-state index contributed by atoms with van der Waals surface area (Å²) in [4.78, 5) is 1.70. The van der Waals surface area contributed by atoms with Gasteiger partial charge in [-0.15, -0.1) is 0 Å². The number of ether oxygens (including phenoxy) is 1. The first-order chi connectivity index (χ1) is 8.80. The summed E-state index contributed by atoms with van der Waals surface area (Å²) in [5.74, 6) is 0.669. The van der Waals surface area contributed by atoms with Gasteiger partial charge in [-0.3, -0.25) is 4.90 Å². The highest BCUT2D eigenvalue weighted by molar-refractivity contribution is 5.34. The SMILES string of the molecule is N#CCN(CC#N)CCOc1ccc(C#N)cc1. The maximum Gasteiger partial charge on any atom is 0.119 e. The second-order valence-electron chi connectivity index (χ2n) is 3.51. The minimum absolute atomic E-state index is 0.213. The molecule has 1 aromatic rings. The summed E-state index contributed by atoms with van der Waals surface area (Å²) in [6.07, 6.45) is 0. The van der Waals surface area contributed by atoms with E-state index >= 15 is 0 Å². The number of nitrogens with zero attached hydrogens (tertiary/aromatic N) is 4. The molecule has 0 aliphatic rings. The van der Waals surface area contributed by atoms with Crippen molar-refractivity contribution in [3.8, 4) is 24.0 Å². The van der Waals surface area contributed by atoms with Gasteiger partial charge in [0.25, 0.3) is 0 Å². The Morgan fingerprint density at radius 3 is 2.11 bits per heavy atom. The van der Waals surface area contributed by atoms with Crippen molar-refractivity contribution < 1.29 is 4.74 Å². The first-order valence-electron chi connectivity index (χ1n) is 5.39. The van der Waals surface area contributed by atoms with E-state index in [-0.39, 0.29) is 13.1 Å². The van der Waals surface area contributed by atoms with Gasteiger partial charge in [0, 0.05) is 6.54 Å². The monoisotopic (exact) mass is 240 g/mol. The van der Waals surface area contributed by atoms with E-state index in [2.05, 4.69) is 0 Å². The molecule has 5 nitrogen and oxygen atoms in total. The Bertz CT molecular complexity index is 474. The Hall–Kier alpha value is -2.55. The highest BCUT2D eigenvalue weighted by Crippen LogP contribution is 2.11. The third-order valence-electron chi connectivity index (χ3n) is 2.25. The molecule has 18 heavy (non-hydrogen) atoms. The molecule has 0 saturated carbocycles. The molecule has 0 aliphatic carbocycles. The lowest BCUT2D eigenvalue weighted by Gasteiger charge is -2.15. The van der Waals surface area contributed by atoms with Crippen molar-refractivity contribution in [2.24, 2.45) is 0 Å². The maximum absolute atomic E-state index is 8.64. The summed E-state index contributed by atoms with van der Waals surface area (Å²) < 4.78 is 5.46. The van der Waals surface area contributed by atoms with E-state index in [4.69, 9.17) is 20.5 Å². The Morgan fingerprint density at radius 2 is 1.61 bits per heavy atom. The zero-order valence-corrected chi connectivity index (χ0v) is 9.83. The van der Waals surface area contributed by atoms with Crippen molar-refractivity contribution in [2.45, 2.75) is 0 Å². The quantitative estimate of drug-likeness (QED) is 0.699. The minimum atomic E-state index is 0.213. The van der Waals surface area contributed by atoms with E-state index in [9.17, 15) is 0 Å². The van der Waals surface area contributed by atoms with Gasteiger partial charge in [0.15, 0.2) is 0 Å². The summed E-state index contributed by atoms with van der Waals surface area (Å²) in [6.45, 7) is 1.34. The highest BCUT2D eigenvalue weighted by Gasteiger charge is 2.03. The van der Waals surface area contributed by atoms with Gasteiger partial charge in [-0.05, 0) is 24.3 Å². The van der Waals surface area contributed by atoms with E-state index in [1.165, 1.54) is 0 Å². The van der Waals surface area contributed by atoms with Crippen LogP contribution in [0.15, 0.2) is 24.3 Å². The van der Waals surface area contributed by atoms with Crippen LogP contribution in [0.3, 0.4) is 0 Å². The van der Waals surface area contributed by atoms with Crippen molar-refractivity contribution in [3.05, 3.63) is 29.8 Å². The van der Waals surface area contributed by atoms with Crippen LogP contribution in [0.2, 0.25) is 0 Å². The lowest BCUT2D eigenvalue weighted by Crippen LogP contribution is -2.29. The van der Waals surface area contributed by atoms with Gasteiger partial charge in [0.2, 0.25) is 0 Å². The summed E-state index contributed by atoms with van der Waals surface area (Å²) in [7, 11) is 0. The molecule has 1 aromatic carbocycles. The fourth-order valence-electron chi connectivity index (χ4n) is 1.33. The molecular weight excluding hydrogens is 228 g/mol. The lowest BCUT2D eigenvalue weighted by atomic mass is 10.2. The van der Waals surface area contributed by atoms with E-state index in [1.807, 2.05) is 18.2 Å². The number of hydrogen-bond acceptors (Lipinski definition) is 5. The molecule has 0 spiro atoms. The van der Waals surface area contributed by atoms with Crippen molar-refractivity contribution in [1.29, 1.82) is 15.8 Å². The Balaban J connectivity index is 2.38. The molecule has 0 fully saturated rings. The van der Waals surface area contributed by atoms with Gasteiger partial charge in [0.05, 0.1) is 36.9 Å². The van der Waals surface area contributed by atoms with Gasteiger partial charge >= 0.3 is 0 Å². The highest BCUT2D eigenvalue weighted by atomic mass is 16.5. The molecule has 0 aliphatic heterocycles. The number of nitriles is 3. The van der Waals surface area contributed by atoms with Crippen molar-refractivity contribution in [2.75, 3.05) is 26.2 Å². The molecule has 0 aromatic heterocycles. The van der Waals surface area contributed by atoms with Crippen LogP contribution in [0, 0.1) is 34.0 Å². The smallest absolute Gasteiger partial charge is 0.119 e. The molecule has 90 valence electrons. The Morgan fingerprint density at radius 1 is 1.00 bits per heavy atom. The van der Waals surface area contributed by atoms with Crippen LogP contribution in [0.4, 0.5) is 0 Å². The number of benzene rings is 1. The Labute approximate surface area is 106 Å². The second kappa shape index (κ2) is 7.68. The zero-order valence-electron chi connectivity index (χ0n) is 9.83. The van der Waals surface area contributed by atoms with E-state index in [0.29, 0.717) is 24.5 Å². The van der Waals surface area contributed by atoms with Gasteiger partial charge in [-0.1, -0.05) is 0 Å². The largest absolute Gasteiger partial charge is 0.492 e. The first-order valence-corrected chi connectivity index (χ1v) is 5.39. The van der Waals surface area contributed by atoms with Crippen LogP contribution in [-0.2, 0) is 0 Å². The minimum Gasteiger partial charge on any atom is -0.492 e. The number of hydrogen-bond donors (Lipinski definition) is 0. The molecule has 0 heterocycles. The van der Waals surface area contributed by atoms with Gasteiger partial charge < -0.3 is 4.74 Å². The predicted molar refractivity (Wildman–Crippen MR) is 64.3 cm³/mol. The molecule has 5 heteroatoms. The van der Waals surface area contributed by atoms with E-state index in [1.54, 1.807) is 29.2 Å². The fraction of sp³-hybridized carbons (Fsp3) is 0.308. The number of rotatable bonds is 6. The summed E-state index contributed by atoms with van der Waals surface area (Å²) in [5, 5.41) is 25.8. The van der Waals surface area contributed by atoms with Crippen LogP contribution in [-0.4, -0.2) is 31.1 Å². The average molecular weight is 240 g/mol. The van der Waals surface area contributed by atoms with Gasteiger partial charge in [-0.2, -0.15) is 15.8 Å². The Kier molecular flexibility index (Phi) is 5.77. The molecule has 0 atom stereocenters. The van der Waals surface area contributed by atoms with Crippen molar-refractivity contribution in [1.82, 2.24) is 4.90 Å². The molecule has 1 rings (SSSR count). The normalized spacial score (nSPS) is 9.22. The van der Waals surface area contributed by atoms with E-state index < -0.39 is 0 Å². The van der Waals surface area contributed by atoms with Crippen LogP contribution in [0.25, 0.3) is 0 Å². The van der Waals surface area contributed by atoms with Crippen LogP contribution in [0.5, 0.6) is 5.75 Å². The molecule has 0 radical (unpaired) electrons. The molecule has 0 saturated heterocycles. The van der Waals surface area contributed by atoms with Crippen LogP contribution in [0.1, 0.15) is 5.56 Å². The van der Waals surface area contributed by atoms with E-state index in [0.717, 1.165) is 0 Å². The zero-order chi connectivity index (χ0) is 13.2. The molecular formula is C13H12N4O. The molecule has 0 unspecified atom stereocenters. The molecule has 0 amide bonds. The topological polar surface area (TPSA) is 83.8 Å². The summed E-state index contributed by atoms with van der Waals surface area (Å²) in [5.41, 5.74) is 0.581. The predicted octanol–water partition coefficient (Wildman–Crippen LogP) is 1.29. The molecule has 0 bridgehead atoms. The summed E-state index contributed by atoms with van der Waals surface area (Å²) in [6, 6.07) is 12.8. The third kappa shape index (κ3) is 4.53. The third-order valence-corrected chi connectivity index (χ3v) is 2.25. The van der Waals surface area contributed by atoms with Crippen LogP contribution < -0.4 is 4.74 Å². The second-order valence-corrected chi connectivity index (χ2v) is 3.51. The van der Waals surface area contributed by atoms with Crippen molar-refractivity contribution in [3.63, 3.8) is 0 Å². The van der Waals surface area contributed by atoms with Gasteiger partial charge in [0.1, 0.15) is 12.4 Å². The van der Waals surface area contributed by atoms with Gasteiger partial charge in [-0.25, -0.2) is 0 Å².